The molecule has 0 aromatic heterocycles. The van der Waals surface area contributed by atoms with Gasteiger partial charge in [0, 0.05) is 50.5 Å². The number of rotatable bonds is 7. The van der Waals surface area contributed by atoms with Gasteiger partial charge in [-0.1, -0.05) is 42.5 Å². The van der Waals surface area contributed by atoms with E-state index in [9.17, 15) is 14.4 Å². The predicted octanol–water partition coefficient (Wildman–Crippen LogP) is 3.53. The molecule has 1 N–H and O–H groups in total. The van der Waals surface area contributed by atoms with Gasteiger partial charge in [0.1, 0.15) is 0 Å². The van der Waals surface area contributed by atoms with Crippen LogP contribution in [-0.2, 0) is 13.0 Å². The summed E-state index contributed by atoms with van der Waals surface area (Å²) in [7, 11) is 2.14. The largest absolute Gasteiger partial charge is 0.322 e. The maximum absolute atomic E-state index is 12.9. The molecule has 0 aliphatic carbocycles. The third-order valence-corrected chi connectivity index (χ3v) is 6.91. The lowest BCUT2D eigenvalue weighted by Gasteiger charge is -2.32. The topological polar surface area (TPSA) is 73.0 Å². The summed E-state index contributed by atoms with van der Waals surface area (Å²) in [5, 5.41) is 2.90. The van der Waals surface area contributed by atoms with Gasteiger partial charge in [-0.2, -0.15) is 0 Å². The molecule has 36 heavy (non-hydrogen) atoms. The average molecular weight is 483 g/mol. The molecule has 3 aromatic rings. The van der Waals surface area contributed by atoms with Gasteiger partial charge < -0.3 is 10.2 Å². The summed E-state index contributed by atoms with van der Waals surface area (Å²) in [5.41, 5.74) is 3.93. The molecule has 2 aliphatic heterocycles. The first-order valence-corrected chi connectivity index (χ1v) is 12.3. The number of anilines is 1. The van der Waals surface area contributed by atoms with E-state index in [-0.39, 0.29) is 23.3 Å². The second-order valence-corrected chi connectivity index (χ2v) is 9.49. The van der Waals surface area contributed by atoms with Crippen LogP contribution in [0.4, 0.5) is 5.69 Å². The fraction of sp³-hybridized carbons (Fsp3) is 0.276. The Balaban J connectivity index is 1.21. The van der Waals surface area contributed by atoms with Crippen LogP contribution >= 0.6 is 0 Å². The molecule has 0 atom stereocenters. The number of amides is 3. The van der Waals surface area contributed by atoms with Crippen molar-refractivity contribution in [3.63, 3.8) is 0 Å². The Bertz CT molecular complexity index is 1270. The van der Waals surface area contributed by atoms with Crippen molar-refractivity contribution in [2.24, 2.45) is 0 Å². The number of likely N-dealkylation sites (N-methyl/N-ethyl adjacent to an activating group) is 1. The molecule has 5 rings (SSSR count). The van der Waals surface area contributed by atoms with Gasteiger partial charge in [-0.3, -0.25) is 24.2 Å². The summed E-state index contributed by atoms with van der Waals surface area (Å²) in [6.45, 7) is 5.46. The standard InChI is InChI=1S/C29H30N4O3/c1-31-15-17-32(18-16-31)20-22-7-10-24(11-8-22)30-27(34)23-9-12-25-26(19-23)29(36)33(28(25)35)14-13-21-5-3-2-4-6-21/h2-12,19H,13-18,20H2,1H3,(H,30,34). The van der Waals surface area contributed by atoms with Crippen molar-refractivity contribution in [3.8, 4) is 0 Å². The molecule has 0 spiro atoms. The van der Waals surface area contributed by atoms with Crippen LogP contribution < -0.4 is 5.32 Å². The highest BCUT2D eigenvalue weighted by Crippen LogP contribution is 2.25. The molecule has 7 nitrogen and oxygen atoms in total. The van der Waals surface area contributed by atoms with Gasteiger partial charge in [0.15, 0.2) is 0 Å². The van der Waals surface area contributed by atoms with Crippen molar-refractivity contribution in [1.82, 2.24) is 14.7 Å². The summed E-state index contributed by atoms with van der Waals surface area (Å²) in [5.74, 6) is -0.977. The number of nitrogens with one attached hydrogen (secondary N) is 1. The van der Waals surface area contributed by atoms with Gasteiger partial charge in [0.05, 0.1) is 11.1 Å². The molecule has 0 unspecified atom stereocenters. The Morgan fingerprint density at radius 1 is 0.806 bits per heavy atom. The van der Waals surface area contributed by atoms with E-state index in [1.807, 2.05) is 54.6 Å². The number of carbonyl (C=O) groups excluding carboxylic acids is 3. The molecule has 0 radical (unpaired) electrons. The van der Waals surface area contributed by atoms with Crippen LogP contribution in [0.25, 0.3) is 0 Å². The molecule has 184 valence electrons. The third kappa shape index (κ3) is 5.22. The lowest BCUT2D eigenvalue weighted by Crippen LogP contribution is -2.43. The number of benzene rings is 3. The molecule has 0 bridgehead atoms. The van der Waals surface area contributed by atoms with Crippen molar-refractivity contribution < 1.29 is 14.4 Å². The van der Waals surface area contributed by atoms with Crippen molar-refractivity contribution in [3.05, 3.63) is 101 Å². The molecule has 2 heterocycles. The lowest BCUT2D eigenvalue weighted by molar-refractivity contribution is 0.0656. The van der Waals surface area contributed by atoms with E-state index in [0.29, 0.717) is 29.8 Å². The Hall–Kier alpha value is -3.81. The zero-order chi connectivity index (χ0) is 25.1. The minimum absolute atomic E-state index is 0.281. The number of hydrogen-bond acceptors (Lipinski definition) is 5. The number of fused-ring (bicyclic) bond motifs is 1. The normalized spacial score (nSPS) is 16.3. The number of nitrogens with zero attached hydrogens (tertiary/aromatic N) is 3. The number of imide groups is 1. The number of hydrogen-bond donors (Lipinski definition) is 1. The van der Waals surface area contributed by atoms with Crippen LogP contribution in [-0.4, -0.2) is 72.2 Å². The lowest BCUT2D eigenvalue weighted by atomic mass is 10.1. The predicted molar refractivity (Wildman–Crippen MR) is 139 cm³/mol. The molecule has 1 fully saturated rings. The minimum Gasteiger partial charge on any atom is -0.322 e. The quantitative estimate of drug-likeness (QED) is 0.522. The van der Waals surface area contributed by atoms with Crippen molar-refractivity contribution in [1.29, 1.82) is 0 Å². The second-order valence-electron chi connectivity index (χ2n) is 9.49. The van der Waals surface area contributed by atoms with Gasteiger partial charge in [-0.25, -0.2) is 0 Å². The second kappa shape index (κ2) is 10.4. The van der Waals surface area contributed by atoms with Crippen LogP contribution in [0, 0.1) is 0 Å². The minimum atomic E-state index is -0.353. The first kappa shape index (κ1) is 23.9. The zero-order valence-corrected chi connectivity index (χ0v) is 20.4. The SMILES string of the molecule is CN1CCN(Cc2ccc(NC(=O)c3ccc4c(c3)C(=O)N(CCc3ccccc3)C4=O)cc2)CC1. The first-order valence-electron chi connectivity index (χ1n) is 12.3. The summed E-state index contributed by atoms with van der Waals surface area (Å²) >= 11 is 0. The third-order valence-electron chi connectivity index (χ3n) is 6.91. The highest BCUT2D eigenvalue weighted by molar-refractivity contribution is 6.22. The molecule has 2 aliphatic rings. The van der Waals surface area contributed by atoms with E-state index in [4.69, 9.17) is 0 Å². The highest BCUT2D eigenvalue weighted by Gasteiger charge is 2.35. The maximum Gasteiger partial charge on any atom is 0.261 e. The number of piperazine rings is 1. The van der Waals surface area contributed by atoms with Crippen LogP contribution in [0.5, 0.6) is 0 Å². The summed E-state index contributed by atoms with van der Waals surface area (Å²) in [6.07, 6.45) is 0.588. The summed E-state index contributed by atoms with van der Waals surface area (Å²) < 4.78 is 0. The molecule has 3 amide bonds. The van der Waals surface area contributed by atoms with E-state index in [1.165, 1.54) is 16.5 Å². The molecule has 7 heteroatoms. The average Bonchev–Trinajstić information content (AvgIpc) is 3.14. The highest BCUT2D eigenvalue weighted by atomic mass is 16.2. The van der Waals surface area contributed by atoms with E-state index in [1.54, 1.807) is 12.1 Å². The van der Waals surface area contributed by atoms with Crippen molar-refractivity contribution in [2.75, 3.05) is 45.1 Å². The zero-order valence-electron chi connectivity index (χ0n) is 20.4. The van der Waals surface area contributed by atoms with Gasteiger partial charge in [-0.05, 0) is 54.9 Å². The Morgan fingerprint density at radius 2 is 1.50 bits per heavy atom. The van der Waals surface area contributed by atoms with Crippen LogP contribution in [0.3, 0.4) is 0 Å². The van der Waals surface area contributed by atoms with E-state index in [0.717, 1.165) is 38.3 Å². The van der Waals surface area contributed by atoms with Gasteiger partial charge in [0.2, 0.25) is 0 Å². The Labute approximate surface area is 211 Å². The van der Waals surface area contributed by atoms with Crippen LogP contribution in [0.15, 0.2) is 72.8 Å². The van der Waals surface area contributed by atoms with Crippen molar-refractivity contribution >= 4 is 23.4 Å². The first-order chi connectivity index (χ1) is 17.5. The summed E-state index contributed by atoms with van der Waals surface area (Å²) in [4.78, 5) is 44.7. The molecular formula is C29H30N4O3. The summed E-state index contributed by atoms with van der Waals surface area (Å²) in [6, 6.07) is 22.3. The van der Waals surface area contributed by atoms with E-state index < -0.39 is 0 Å². The molecule has 1 saturated heterocycles. The fourth-order valence-electron chi connectivity index (χ4n) is 4.68. The van der Waals surface area contributed by atoms with E-state index in [2.05, 4.69) is 22.2 Å². The maximum atomic E-state index is 12.9. The molecule has 0 saturated carbocycles. The Kier molecular flexibility index (Phi) is 6.93. The van der Waals surface area contributed by atoms with Gasteiger partial charge in [0.25, 0.3) is 17.7 Å². The van der Waals surface area contributed by atoms with Crippen molar-refractivity contribution in [2.45, 2.75) is 13.0 Å². The smallest absolute Gasteiger partial charge is 0.261 e. The van der Waals surface area contributed by atoms with Crippen LogP contribution in [0.1, 0.15) is 42.2 Å². The molecule has 3 aromatic carbocycles. The van der Waals surface area contributed by atoms with Gasteiger partial charge in [-0.15, -0.1) is 0 Å². The van der Waals surface area contributed by atoms with Gasteiger partial charge >= 0.3 is 0 Å². The number of carbonyl (C=O) groups is 3. The Morgan fingerprint density at radius 3 is 2.22 bits per heavy atom. The van der Waals surface area contributed by atoms with Crippen LogP contribution in [0.2, 0.25) is 0 Å². The fourth-order valence-corrected chi connectivity index (χ4v) is 4.68. The van der Waals surface area contributed by atoms with E-state index >= 15 is 0 Å². The monoisotopic (exact) mass is 482 g/mol. The molecular weight excluding hydrogens is 452 g/mol.